The molecular weight excluding hydrogens is 329 g/mol. The third kappa shape index (κ3) is 2.83. The maximum Gasteiger partial charge on any atom is 0.222 e. The Morgan fingerprint density at radius 1 is 1.27 bits per heavy atom. The van der Waals surface area contributed by atoms with Gasteiger partial charge in [0.2, 0.25) is 5.91 Å². The normalized spacial score (nSPS) is 21.2. The summed E-state index contributed by atoms with van der Waals surface area (Å²) in [7, 11) is 0. The largest absolute Gasteiger partial charge is 0.343 e. The summed E-state index contributed by atoms with van der Waals surface area (Å²) in [6, 6.07) is 6.74. The number of likely N-dealkylation sites (tertiary alicyclic amines) is 1. The zero-order chi connectivity index (χ0) is 17.7. The number of fused-ring (bicyclic) bond motifs is 1. The predicted molar refractivity (Wildman–Crippen MR) is 96.9 cm³/mol. The van der Waals surface area contributed by atoms with Crippen molar-refractivity contribution in [2.75, 3.05) is 13.1 Å². The fourth-order valence-corrected chi connectivity index (χ4v) is 4.60. The quantitative estimate of drug-likeness (QED) is 0.845. The van der Waals surface area contributed by atoms with E-state index in [2.05, 4.69) is 14.5 Å². The molecule has 3 aliphatic rings. The topological polar surface area (TPSA) is 38.1 Å². The van der Waals surface area contributed by atoms with E-state index in [-0.39, 0.29) is 11.2 Å². The summed E-state index contributed by atoms with van der Waals surface area (Å²) < 4.78 is 15.9. The van der Waals surface area contributed by atoms with Gasteiger partial charge in [-0.25, -0.2) is 9.37 Å². The lowest BCUT2D eigenvalue weighted by Gasteiger charge is -2.39. The maximum absolute atomic E-state index is 13.6. The summed E-state index contributed by atoms with van der Waals surface area (Å²) in [5.74, 6) is 1.89. The van der Waals surface area contributed by atoms with Gasteiger partial charge in [0.05, 0.1) is 11.9 Å². The second-order valence-corrected chi connectivity index (χ2v) is 8.36. The van der Waals surface area contributed by atoms with E-state index in [0.717, 1.165) is 62.4 Å². The van der Waals surface area contributed by atoms with Crippen molar-refractivity contribution in [2.24, 2.45) is 11.3 Å². The van der Waals surface area contributed by atoms with Crippen LogP contribution in [0.4, 0.5) is 4.39 Å². The van der Waals surface area contributed by atoms with Crippen LogP contribution in [0.5, 0.6) is 0 Å². The van der Waals surface area contributed by atoms with Gasteiger partial charge in [0.1, 0.15) is 11.6 Å². The number of hydrogen-bond donors (Lipinski definition) is 0. The van der Waals surface area contributed by atoms with Crippen molar-refractivity contribution >= 4 is 5.91 Å². The van der Waals surface area contributed by atoms with Crippen LogP contribution in [0.2, 0.25) is 0 Å². The van der Waals surface area contributed by atoms with E-state index in [1.54, 1.807) is 12.1 Å². The highest BCUT2D eigenvalue weighted by molar-refractivity contribution is 5.76. The summed E-state index contributed by atoms with van der Waals surface area (Å²) >= 11 is 0. The zero-order valence-electron chi connectivity index (χ0n) is 15.0. The number of rotatable bonds is 3. The summed E-state index contributed by atoms with van der Waals surface area (Å²) in [5.41, 5.74) is 2.10. The van der Waals surface area contributed by atoms with E-state index in [9.17, 15) is 9.18 Å². The first-order chi connectivity index (χ1) is 12.6. The van der Waals surface area contributed by atoms with Crippen molar-refractivity contribution < 1.29 is 9.18 Å². The molecule has 2 aliphatic heterocycles. The van der Waals surface area contributed by atoms with Gasteiger partial charge in [0.25, 0.3) is 0 Å². The van der Waals surface area contributed by atoms with Crippen molar-refractivity contribution in [2.45, 2.75) is 45.1 Å². The number of carbonyl (C=O) groups is 1. The van der Waals surface area contributed by atoms with Crippen molar-refractivity contribution in [3.63, 3.8) is 0 Å². The molecule has 1 saturated carbocycles. The number of nitrogens with zero attached hydrogens (tertiary/aromatic N) is 3. The van der Waals surface area contributed by atoms with Gasteiger partial charge in [-0.15, -0.1) is 0 Å². The Bertz CT molecular complexity index is 847. The number of halogens is 1. The summed E-state index contributed by atoms with van der Waals surface area (Å²) in [6.07, 6.45) is 8.11. The predicted octanol–water partition coefficient (Wildman–Crippen LogP) is 3.65. The second-order valence-electron chi connectivity index (χ2n) is 8.36. The first kappa shape index (κ1) is 16.0. The fraction of sp³-hybridized carbons (Fsp3) is 0.524. The molecule has 1 amide bonds. The molecule has 1 aliphatic carbocycles. The lowest BCUT2D eigenvalue weighted by molar-refractivity contribution is -0.133. The highest BCUT2D eigenvalue weighted by Crippen LogP contribution is 2.43. The first-order valence-corrected chi connectivity index (χ1v) is 9.70. The van der Waals surface area contributed by atoms with E-state index in [1.165, 1.54) is 18.9 Å². The molecule has 5 rings (SSSR count). The average molecular weight is 353 g/mol. The number of carbonyl (C=O) groups excluding carboxylic acids is 1. The third-order valence-corrected chi connectivity index (χ3v) is 6.42. The molecule has 136 valence electrons. The molecule has 2 fully saturated rings. The van der Waals surface area contributed by atoms with Crippen LogP contribution in [-0.4, -0.2) is 33.4 Å². The Kier molecular flexibility index (Phi) is 3.66. The highest BCUT2D eigenvalue weighted by Gasteiger charge is 2.42. The fourth-order valence-electron chi connectivity index (χ4n) is 4.60. The molecule has 3 heterocycles. The van der Waals surface area contributed by atoms with Crippen LogP contribution >= 0.6 is 0 Å². The van der Waals surface area contributed by atoms with Crippen LogP contribution in [0.15, 0.2) is 30.5 Å². The van der Waals surface area contributed by atoms with Gasteiger partial charge in [-0.05, 0) is 49.1 Å². The zero-order valence-corrected chi connectivity index (χ0v) is 15.0. The summed E-state index contributed by atoms with van der Waals surface area (Å²) in [5, 5.41) is 0. The van der Waals surface area contributed by atoms with E-state index >= 15 is 0 Å². The van der Waals surface area contributed by atoms with Crippen molar-refractivity contribution in [3.05, 3.63) is 42.1 Å². The Balaban J connectivity index is 1.30. The molecule has 2 aromatic rings. The minimum atomic E-state index is -0.215. The van der Waals surface area contributed by atoms with E-state index < -0.39 is 0 Å². The molecule has 0 unspecified atom stereocenters. The van der Waals surface area contributed by atoms with Crippen molar-refractivity contribution in [3.8, 4) is 11.3 Å². The number of aromatic nitrogens is 2. The molecule has 5 heteroatoms. The SMILES string of the molecule is O=C(CC1CC1)N1CCC2(CC1)Cc1ncc(-c3cccc(F)c3)n1C2. The maximum atomic E-state index is 13.6. The molecule has 0 N–H and O–H groups in total. The number of benzene rings is 1. The van der Waals surface area contributed by atoms with Crippen LogP contribution in [0.3, 0.4) is 0 Å². The van der Waals surface area contributed by atoms with E-state index in [1.807, 2.05) is 12.3 Å². The second kappa shape index (κ2) is 5.93. The van der Waals surface area contributed by atoms with Crippen LogP contribution in [-0.2, 0) is 17.8 Å². The molecule has 1 aromatic heterocycles. The van der Waals surface area contributed by atoms with Gasteiger partial charge in [0.15, 0.2) is 0 Å². The Morgan fingerprint density at radius 2 is 2.08 bits per heavy atom. The minimum Gasteiger partial charge on any atom is -0.343 e. The smallest absolute Gasteiger partial charge is 0.222 e. The minimum absolute atomic E-state index is 0.210. The summed E-state index contributed by atoms with van der Waals surface area (Å²) in [6.45, 7) is 2.66. The highest BCUT2D eigenvalue weighted by atomic mass is 19.1. The van der Waals surface area contributed by atoms with Gasteiger partial charge in [-0.1, -0.05) is 12.1 Å². The number of imidazole rings is 1. The number of hydrogen-bond acceptors (Lipinski definition) is 2. The third-order valence-electron chi connectivity index (χ3n) is 6.42. The average Bonchev–Trinajstić information content (AvgIpc) is 3.26. The van der Waals surface area contributed by atoms with E-state index in [0.29, 0.717) is 11.8 Å². The van der Waals surface area contributed by atoms with Crippen LogP contribution < -0.4 is 0 Å². The number of amides is 1. The van der Waals surface area contributed by atoms with Gasteiger partial charge in [0, 0.05) is 38.0 Å². The molecule has 0 atom stereocenters. The van der Waals surface area contributed by atoms with E-state index in [4.69, 9.17) is 0 Å². The molecule has 1 spiro atoms. The van der Waals surface area contributed by atoms with Gasteiger partial charge >= 0.3 is 0 Å². The lowest BCUT2D eigenvalue weighted by Crippen LogP contribution is -2.44. The molecule has 0 bridgehead atoms. The van der Waals surface area contributed by atoms with Crippen LogP contribution in [0.25, 0.3) is 11.3 Å². The Labute approximate surface area is 153 Å². The molecule has 1 saturated heterocycles. The Morgan fingerprint density at radius 3 is 2.81 bits per heavy atom. The molecule has 26 heavy (non-hydrogen) atoms. The van der Waals surface area contributed by atoms with Gasteiger partial charge < -0.3 is 9.47 Å². The molecule has 4 nitrogen and oxygen atoms in total. The molecule has 1 aromatic carbocycles. The summed E-state index contributed by atoms with van der Waals surface area (Å²) in [4.78, 5) is 19.0. The standard InChI is InChI=1S/C21H24FN3O/c22-17-3-1-2-16(11-17)18-13-23-19-12-21(14-25(18)19)6-8-24(9-7-21)20(26)10-15-4-5-15/h1-3,11,13,15H,4-10,12,14H2. The lowest BCUT2D eigenvalue weighted by atomic mass is 9.77. The van der Waals surface area contributed by atoms with Crippen molar-refractivity contribution in [1.82, 2.24) is 14.5 Å². The van der Waals surface area contributed by atoms with Crippen molar-refractivity contribution in [1.29, 1.82) is 0 Å². The van der Waals surface area contributed by atoms with Crippen LogP contribution in [0, 0.1) is 17.2 Å². The van der Waals surface area contributed by atoms with Gasteiger partial charge in [-0.2, -0.15) is 0 Å². The first-order valence-electron chi connectivity index (χ1n) is 9.70. The number of piperidine rings is 1. The monoisotopic (exact) mass is 353 g/mol. The molecule has 0 radical (unpaired) electrons. The van der Waals surface area contributed by atoms with Gasteiger partial charge in [-0.3, -0.25) is 4.79 Å². The van der Waals surface area contributed by atoms with Crippen LogP contribution in [0.1, 0.15) is 37.9 Å². The molecular formula is C21H24FN3O. The Hall–Kier alpha value is -2.17.